The molecular formula is C9H16O2S. The summed E-state index contributed by atoms with van der Waals surface area (Å²) in [6, 6.07) is 0. The molecule has 1 N–H and O–H groups in total. The minimum absolute atomic E-state index is 0.540. The second-order valence-corrected chi connectivity index (χ2v) is 5.44. The third kappa shape index (κ3) is 2.41. The molecule has 1 aliphatic heterocycles. The van der Waals surface area contributed by atoms with Gasteiger partial charge in [0.2, 0.25) is 0 Å². The van der Waals surface area contributed by atoms with Gasteiger partial charge in [-0.15, -0.1) is 0 Å². The fourth-order valence-corrected chi connectivity index (χ4v) is 3.00. The summed E-state index contributed by atoms with van der Waals surface area (Å²) in [7, 11) is 0. The van der Waals surface area contributed by atoms with Gasteiger partial charge < -0.3 is 5.11 Å². The van der Waals surface area contributed by atoms with Gasteiger partial charge in [0.15, 0.2) is 0 Å². The van der Waals surface area contributed by atoms with Crippen LogP contribution < -0.4 is 0 Å². The van der Waals surface area contributed by atoms with Crippen molar-refractivity contribution in [1.82, 2.24) is 0 Å². The SMILES string of the molecule is CC(C)(CC1CCCS1)C(=O)O. The van der Waals surface area contributed by atoms with Crippen LogP contribution in [0, 0.1) is 5.41 Å². The van der Waals surface area contributed by atoms with E-state index in [1.54, 1.807) is 0 Å². The maximum atomic E-state index is 10.8. The third-order valence-electron chi connectivity index (χ3n) is 2.34. The van der Waals surface area contributed by atoms with Crippen LogP contribution in [-0.2, 0) is 4.79 Å². The van der Waals surface area contributed by atoms with Crippen LogP contribution in [0.5, 0.6) is 0 Å². The Morgan fingerprint density at radius 2 is 2.33 bits per heavy atom. The fraction of sp³-hybridized carbons (Fsp3) is 0.889. The zero-order chi connectivity index (χ0) is 9.19. The lowest BCUT2D eigenvalue weighted by atomic mass is 9.87. The van der Waals surface area contributed by atoms with E-state index in [2.05, 4.69) is 0 Å². The Balaban J connectivity index is 2.42. The smallest absolute Gasteiger partial charge is 0.309 e. The van der Waals surface area contributed by atoms with E-state index in [-0.39, 0.29) is 0 Å². The van der Waals surface area contributed by atoms with Gasteiger partial charge >= 0.3 is 5.97 Å². The lowest BCUT2D eigenvalue weighted by Crippen LogP contribution is -2.26. The zero-order valence-corrected chi connectivity index (χ0v) is 8.49. The Hall–Kier alpha value is -0.180. The lowest BCUT2D eigenvalue weighted by molar-refractivity contribution is -0.147. The number of carboxylic acids is 1. The van der Waals surface area contributed by atoms with Crippen LogP contribution in [0.4, 0.5) is 0 Å². The summed E-state index contributed by atoms with van der Waals surface area (Å²) in [6.07, 6.45) is 3.26. The molecule has 70 valence electrons. The van der Waals surface area contributed by atoms with Gasteiger partial charge in [-0.1, -0.05) is 0 Å². The Morgan fingerprint density at radius 1 is 1.67 bits per heavy atom. The van der Waals surface area contributed by atoms with E-state index in [1.165, 1.54) is 18.6 Å². The maximum absolute atomic E-state index is 10.8. The van der Waals surface area contributed by atoms with E-state index in [0.29, 0.717) is 5.25 Å². The largest absolute Gasteiger partial charge is 0.481 e. The van der Waals surface area contributed by atoms with Gasteiger partial charge in [-0.25, -0.2) is 0 Å². The molecule has 12 heavy (non-hydrogen) atoms. The summed E-state index contributed by atoms with van der Waals surface area (Å²) in [5.41, 5.74) is -0.540. The minimum atomic E-state index is -0.671. The molecule has 0 amide bonds. The molecule has 1 rings (SSSR count). The second-order valence-electron chi connectivity index (χ2n) is 4.03. The molecule has 0 aliphatic carbocycles. The summed E-state index contributed by atoms with van der Waals surface area (Å²) in [4.78, 5) is 10.8. The number of thioether (sulfide) groups is 1. The first-order valence-corrected chi connectivity index (χ1v) is 5.42. The minimum Gasteiger partial charge on any atom is -0.481 e. The molecule has 0 aromatic heterocycles. The van der Waals surface area contributed by atoms with E-state index in [4.69, 9.17) is 5.11 Å². The monoisotopic (exact) mass is 188 g/mol. The number of rotatable bonds is 3. The van der Waals surface area contributed by atoms with E-state index in [0.717, 1.165) is 6.42 Å². The number of carboxylic acid groups (broad SMARTS) is 1. The molecule has 0 spiro atoms. The molecule has 0 radical (unpaired) electrons. The number of hydrogen-bond donors (Lipinski definition) is 1. The molecule has 0 aromatic rings. The van der Waals surface area contributed by atoms with Gasteiger partial charge in [-0.05, 0) is 38.9 Å². The van der Waals surface area contributed by atoms with Crippen molar-refractivity contribution in [2.75, 3.05) is 5.75 Å². The van der Waals surface area contributed by atoms with Gasteiger partial charge in [-0.3, -0.25) is 4.79 Å². The highest BCUT2D eigenvalue weighted by Crippen LogP contribution is 2.35. The predicted molar refractivity (Wildman–Crippen MR) is 51.5 cm³/mol. The Morgan fingerprint density at radius 3 is 2.75 bits per heavy atom. The van der Waals surface area contributed by atoms with Gasteiger partial charge in [-0.2, -0.15) is 11.8 Å². The van der Waals surface area contributed by atoms with Crippen LogP contribution in [0.25, 0.3) is 0 Å². The van der Waals surface area contributed by atoms with Crippen molar-refractivity contribution in [1.29, 1.82) is 0 Å². The highest BCUT2D eigenvalue weighted by atomic mass is 32.2. The van der Waals surface area contributed by atoms with Crippen molar-refractivity contribution in [2.24, 2.45) is 5.41 Å². The molecule has 1 unspecified atom stereocenters. The zero-order valence-electron chi connectivity index (χ0n) is 7.67. The third-order valence-corrected chi connectivity index (χ3v) is 3.74. The van der Waals surface area contributed by atoms with E-state index in [1.807, 2.05) is 25.6 Å². The molecule has 1 fully saturated rings. The van der Waals surface area contributed by atoms with Gasteiger partial charge in [0.1, 0.15) is 0 Å². The van der Waals surface area contributed by atoms with Gasteiger partial charge in [0, 0.05) is 5.25 Å². The fourth-order valence-electron chi connectivity index (χ4n) is 1.46. The van der Waals surface area contributed by atoms with Crippen molar-refractivity contribution in [3.63, 3.8) is 0 Å². The Labute approximate surface area is 77.7 Å². The van der Waals surface area contributed by atoms with Crippen LogP contribution >= 0.6 is 11.8 Å². The van der Waals surface area contributed by atoms with E-state index >= 15 is 0 Å². The quantitative estimate of drug-likeness (QED) is 0.739. The molecule has 1 aliphatic rings. The van der Waals surface area contributed by atoms with E-state index < -0.39 is 11.4 Å². The van der Waals surface area contributed by atoms with E-state index in [9.17, 15) is 4.79 Å². The number of hydrogen-bond acceptors (Lipinski definition) is 2. The molecule has 2 nitrogen and oxygen atoms in total. The average Bonchev–Trinajstić information content (AvgIpc) is 2.38. The van der Waals surface area contributed by atoms with Gasteiger partial charge in [0.05, 0.1) is 5.41 Å². The van der Waals surface area contributed by atoms with Crippen molar-refractivity contribution in [3.8, 4) is 0 Å². The molecule has 0 aromatic carbocycles. The first-order chi connectivity index (χ1) is 5.52. The molecule has 1 saturated heterocycles. The van der Waals surface area contributed by atoms with Crippen LogP contribution in [0.3, 0.4) is 0 Å². The van der Waals surface area contributed by atoms with Crippen molar-refractivity contribution < 1.29 is 9.90 Å². The van der Waals surface area contributed by atoms with Crippen LogP contribution in [0.2, 0.25) is 0 Å². The van der Waals surface area contributed by atoms with Crippen LogP contribution in [-0.4, -0.2) is 22.1 Å². The summed E-state index contributed by atoms with van der Waals surface area (Å²) < 4.78 is 0. The molecular weight excluding hydrogens is 172 g/mol. The standard InChI is InChI=1S/C9H16O2S/c1-9(2,8(10)11)6-7-4-3-5-12-7/h7H,3-6H2,1-2H3,(H,10,11). The van der Waals surface area contributed by atoms with Crippen molar-refractivity contribution in [3.05, 3.63) is 0 Å². The van der Waals surface area contributed by atoms with Gasteiger partial charge in [0.25, 0.3) is 0 Å². The van der Waals surface area contributed by atoms with Crippen LogP contribution in [0.1, 0.15) is 33.1 Å². The molecule has 0 bridgehead atoms. The number of carbonyl (C=O) groups is 1. The predicted octanol–water partition coefficient (Wildman–Crippen LogP) is 2.38. The summed E-state index contributed by atoms with van der Waals surface area (Å²) in [5.74, 6) is 0.537. The Bertz CT molecular complexity index is 171. The summed E-state index contributed by atoms with van der Waals surface area (Å²) in [6.45, 7) is 3.63. The van der Waals surface area contributed by atoms with Crippen molar-refractivity contribution >= 4 is 17.7 Å². The summed E-state index contributed by atoms with van der Waals surface area (Å²) in [5, 5.41) is 9.47. The van der Waals surface area contributed by atoms with Crippen LogP contribution in [0.15, 0.2) is 0 Å². The highest BCUT2D eigenvalue weighted by molar-refractivity contribution is 8.00. The maximum Gasteiger partial charge on any atom is 0.309 e. The normalized spacial score (nSPS) is 24.3. The first-order valence-electron chi connectivity index (χ1n) is 4.37. The molecule has 1 atom stereocenters. The molecule has 0 saturated carbocycles. The number of aliphatic carboxylic acids is 1. The average molecular weight is 188 g/mol. The topological polar surface area (TPSA) is 37.3 Å². The Kier molecular flexibility index (Phi) is 3.04. The first kappa shape index (κ1) is 9.90. The van der Waals surface area contributed by atoms with Crippen molar-refractivity contribution in [2.45, 2.75) is 38.4 Å². The second kappa shape index (κ2) is 3.69. The lowest BCUT2D eigenvalue weighted by Gasteiger charge is -2.22. The molecule has 3 heteroatoms. The molecule has 1 heterocycles. The summed E-state index contributed by atoms with van der Waals surface area (Å²) >= 11 is 1.92. The highest BCUT2D eigenvalue weighted by Gasteiger charge is 2.31.